The molecule has 2 aromatic rings. The minimum absolute atomic E-state index is 0.0307. The molecule has 0 aliphatic rings. The van der Waals surface area contributed by atoms with E-state index in [1.165, 1.54) is 0 Å². The van der Waals surface area contributed by atoms with Gasteiger partial charge in [-0.3, -0.25) is 0 Å². The first-order valence-corrected chi connectivity index (χ1v) is 7.01. The van der Waals surface area contributed by atoms with Crippen molar-refractivity contribution >= 4 is 28.9 Å². The first kappa shape index (κ1) is 15.4. The fourth-order valence-corrected chi connectivity index (χ4v) is 2.46. The summed E-state index contributed by atoms with van der Waals surface area (Å²) in [7, 11) is 0. The molecule has 0 saturated carbocycles. The average molecular weight is 322 g/mol. The average Bonchev–Trinajstić information content (AvgIpc) is 2.44. The van der Waals surface area contributed by atoms with E-state index >= 15 is 0 Å². The Bertz CT molecular complexity index is 660. The number of rotatable bonds is 5. The van der Waals surface area contributed by atoms with Crippen LogP contribution in [0.2, 0.25) is 10.3 Å². The monoisotopic (exact) mass is 321 g/mol. The molecule has 1 aromatic carbocycles. The number of benzene rings is 1. The third-order valence-electron chi connectivity index (χ3n) is 2.81. The molecule has 21 heavy (non-hydrogen) atoms. The lowest BCUT2D eigenvalue weighted by Crippen LogP contribution is -2.03. The Balaban J connectivity index is 2.08. The van der Waals surface area contributed by atoms with Crippen LogP contribution in [0.5, 0.6) is 5.75 Å². The summed E-state index contributed by atoms with van der Waals surface area (Å²) < 4.78 is 5.27. The molecule has 2 rings (SSSR count). The summed E-state index contributed by atoms with van der Waals surface area (Å²) in [6.07, 6.45) is 0. The van der Waals surface area contributed by atoms with E-state index in [0.717, 1.165) is 16.8 Å². The molecular weight excluding hydrogens is 309 g/mol. The molecule has 0 spiro atoms. The van der Waals surface area contributed by atoms with Crippen LogP contribution in [0.3, 0.4) is 0 Å². The molecule has 0 bridgehead atoms. The first-order valence-electron chi connectivity index (χ1n) is 6.25. The van der Waals surface area contributed by atoms with Crippen LogP contribution in [0.1, 0.15) is 11.1 Å². The van der Waals surface area contributed by atoms with Gasteiger partial charge in [-0.25, -0.2) is 4.98 Å². The molecule has 1 N–H and O–H groups in total. The maximum Gasteiger partial charge on any atom is 0.174 e. The molecule has 0 unspecified atom stereocenters. The zero-order chi connectivity index (χ0) is 15.2. The molecule has 1 heterocycles. The van der Waals surface area contributed by atoms with Crippen LogP contribution in [0.15, 0.2) is 30.3 Å². The van der Waals surface area contributed by atoms with Gasteiger partial charge < -0.3 is 10.1 Å². The molecule has 0 aliphatic heterocycles. The van der Waals surface area contributed by atoms with Gasteiger partial charge in [-0.15, -0.1) is 0 Å². The zero-order valence-electron chi connectivity index (χ0n) is 11.4. The highest BCUT2D eigenvalue weighted by atomic mass is 35.5. The highest BCUT2D eigenvalue weighted by molar-refractivity contribution is 6.34. The van der Waals surface area contributed by atoms with Crippen LogP contribution in [0.25, 0.3) is 0 Å². The number of nitrogens with one attached hydrogen (secondary N) is 1. The fraction of sp³-hybridized carbons (Fsp3) is 0.200. The SMILES string of the molecule is Cc1cc(Cl)nc(Cl)c1NCc1cccc(OCC#N)c1. The van der Waals surface area contributed by atoms with Crippen molar-refractivity contribution in [2.24, 2.45) is 0 Å². The largest absolute Gasteiger partial charge is 0.479 e. The fourth-order valence-electron chi connectivity index (χ4n) is 1.86. The third kappa shape index (κ3) is 4.25. The lowest BCUT2D eigenvalue weighted by molar-refractivity contribution is 0.368. The summed E-state index contributed by atoms with van der Waals surface area (Å²) in [5.74, 6) is 0.660. The van der Waals surface area contributed by atoms with Gasteiger partial charge in [0.15, 0.2) is 11.8 Å². The molecule has 0 amide bonds. The van der Waals surface area contributed by atoms with Crippen LogP contribution < -0.4 is 10.1 Å². The predicted molar refractivity (Wildman–Crippen MR) is 83.9 cm³/mol. The van der Waals surface area contributed by atoms with Crippen molar-refractivity contribution in [1.82, 2.24) is 4.98 Å². The van der Waals surface area contributed by atoms with Crippen molar-refractivity contribution in [2.45, 2.75) is 13.5 Å². The highest BCUT2D eigenvalue weighted by Gasteiger charge is 2.07. The minimum Gasteiger partial charge on any atom is -0.479 e. The predicted octanol–water partition coefficient (Wildman–Crippen LogP) is 4.21. The van der Waals surface area contributed by atoms with Crippen LogP contribution in [0, 0.1) is 18.3 Å². The Kier molecular flexibility index (Phi) is 5.26. The maximum absolute atomic E-state index is 8.51. The van der Waals surface area contributed by atoms with Crippen molar-refractivity contribution in [1.29, 1.82) is 5.26 Å². The molecule has 6 heteroatoms. The topological polar surface area (TPSA) is 57.9 Å². The summed E-state index contributed by atoms with van der Waals surface area (Å²) >= 11 is 11.9. The van der Waals surface area contributed by atoms with E-state index in [9.17, 15) is 0 Å². The van der Waals surface area contributed by atoms with Crippen molar-refractivity contribution in [3.63, 3.8) is 0 Å². The summed E-state index contributed by atoms with van der Waals surface area (Å²) in [5.41, 5.74) is 2.69. The van der Waals surface area contributed by atoms with Crippen molar-refractivity contribution in [3.8, 4) is 11.8 Å². The van der Waals surface area contributed by atoms with Gasteiger partial charge in [0, 0.05) is 6.54 Å². The van der Waals surface area contributed by atoms with Gasteiger partial charge in [-0.05, 0) is 36.2 Å². The molecule has 1 aromatic heterocycles. The number of ether oxygens (including phenoxy) is 1. The Morgan fingerprint density at radius 2 is 2.14 bits per heavy atom. The molecule has 0 atom stereocenters. The van der Waals surface area contributed by atoms with E-state index in [-0.39, 0.29) is 6.61 Å². The van der Waals surface area contributed by atoms with Crippen molar-refractivity contribution in [3.05, 3.63) is 51.8 Å². The van der Waals surface area contributed by atoms with Crippen LogP contribution >= 0.6 is 23.2 Å². The van der Waals surface area contributed by atoms with Crippen molar-refractivity contribution < 1.29 is 4.74 Å². The van der Waals surface area contributed by atoms with Gasteiger partial charge in [-0.1, -0.05) is 35.3 Å². The second kappa shape index (κ2) is 7.16. The molecule has 0 saturated heterocycles. The minimum atomic E-state index is 0.0307. The lowest BCUT2D eigenvalue weighted by atomic mass is 10.2. The summed E-state index contributed by atoms with van der Waals surface area (Å²) in [6.45, 7) is 2.50. The quantitative estimate of drug-likeness (QED) is 0.838. The Morgan fingerprint density at radius 1 is 1.33 bits per heavy atom. The maximum atomic E-state index is 8.51. The molecule has 0 radical (unpaired) electrons. The smallest absolute Gasteiger partial charge is 0.174 e. The van der Waals surface area contributed by atoms with E-state index < -0.39 is 0 Å². The van der Waals surface area contributed by atoms with E-state index in [0.29, 0.717) is 22.6 Å². The first-order chi connectivity index (χ1) is 10.1. The summed E-state index contributed by atoms with van der Waals surface area (Å²) in [6, 6.07) is 11.2. The standard InChI is InChI=1S/C15H13Cl2N3O/c1-10-7-13(16)20-15(17)14(10)19-9-11-3-2-4-12(8-11)21-6-5-18/h2-4,7-8,19H,6,9H2,1H3. The third-order valence-corrected chi connectivity index (χ3v) is 3.28. The van der Waals surface area contributed by atoms with Crippen LogP contribution in [-0.4, -0.2) is 11.6 Å². The van der Waals surface area contributed by atoms with Gasteiger partial charge in [0.25, 0.3) is 0 Å². The van der Waals surface area contributed by atoms with E-state index in [1.807, 2.05) is 37.3 Å². The number of aryl methyl sites for hydroxylation is 1. The van der Waals surface area contributed by atoms with Gasteiger partial charge in [-0.2, -0.15) is 5.26 Å². The molecule has 0 fully saturated rings. The van der Waals surface area contributed by atoms with E-state index in [4.69, 9.17) is 33.2 Å². The number of aromatic nitrogens is 1. The molecular formula is C15H13Cl2N3O. The normalized spacial score (nSPS) is 10.0. The van der Waals surface area contributed by atoms with E-state index in [1.54, 1.807) is 6.07 Å². The number of nitrogens with zero attached hydrogens (tertiary/aromatic N) is 2. The number of anilines is 1. The molecule has 108 valence electrons. The summed E-state index contributed by atoms with van der Waals surface area (Å²) in [5, 5.41) is 12.5. The van der Waals surface area contributed by atoms with Crippen LogP contribution in [0.4, 0.5) is 5.69 Å². The number of pyridine rings is 1. The number of halogens is 2. The molecule has 4 nitrogen and oxygen atoms in total. The second-order valence-corrected chi connectivity index (χ2v) is 5.12. The van der Waals surface area contributed by atoms with Gasteiger partial charge in [0.2, 0.25) is 0 Å². The Hall–Kier alpha value is -1.96. The second-order valence-electron chi connectivity index (χ2n) is 4.38. The van der Waals surface area contributed by atoms with Gasteiger partial charge >= 0.3 is 0 Å². The number of hydrogen-bond donors (Lipinski definition) is 1. The van der Waals surface area contributed by atoms with Gasteiger partial charge in [0.05, 0.1) is 5.69 Å². The number of nitriles is 1. The lowest BCUT2D eigenvalue weighted by Gasteiger charge is -2.12. The Labute approximate surface area is 133 Å². The Morgan fingerprint density at radius 3 is 2.86 bits per heavy atom. The van der Waals surface area contributed by atoms with E-state index in [2.05, 4.69) is 10.3 Å². The zero-order valence-corrected chi connectivity index (χ0v) is 12.9. The van der Waals surface area contributed by atoms with Crippen LogP contribution in [-0.2, 0) is 6.54 Å². The molecule has 0 aliphatic carbocycles. The number of hydrogen-bond acceptors (Lipinski definition) is 4. The van der Waals surface area contributed by atoms with Crippen molar-refractivity contribution in [2.75, 3.05) is 11.9 Å². The summed E-state index contributed by atoms with van der Waals surface area (Å²) in [4.78, 5) is 4.01. The van der Waals surface area contributed by atoms with Gasteiger partial charge in [0.1, 0.15) is 17.0 Å². The highest BCUT2D eigenvalue weighted by Crippen LogP contribution is 2.27.